The van der Waals surface area contributed by atoms with Crippen molar-refractivity contribution in [3.05, 3.63) is 0 Å². The molecule has 0 rings (SSSR count). The highest BCUT2D eigenvalue weighted by molar-refractivity contribution is 5.75. The highest BCUT2D eigenvalue weighted by atomic mass is 16.5. The van der Waals surface area contributed by atoms with E-state index in [1.165, 1.54) is 0 Å². The van der Waals surface area contributed by atoms with Crippen molar-refractivity contribution in [1.29, 1.82) is 0 Å². The Balaban J connectivity index is 3.71. The van der Waals surface area contributed by atoms with E-state index < -0.39 is 12.0 Å². The fraction of sp³-hybridized carbons (Fsp3) is 0.857. The van der Waals surface area contributed by atoms with E-state index in [-0.39, 0.29) is 0 Å². The summed E-state index contributed by atoms with van der Waals surface area (Å²) in [4.78, 5) is 10.9. The fourth-order valence-electron chi connectivity index (χ4n) is 0.767. The Kier molecular flexibility index (Phi) is 5.78. The lowest BCUT2D eigenvalue weighted by molar-refractivity contribution is -0.148. The lowest BCUT2D eigenvalue weighted by atomic mass is 10.2. The first-order valence-corrected chi connectivity index (χ1v) is 3.82. The molecular weight excluding hydrogens is 146 g/mol. The molecular formula is C7H15NO3. The van der Waals surface area contributed by atoms with Crippen molar-refractivity contribution in [2.45, 2.75) is 32.7 Å². The zero-order chi connectivity index (χ0) is 8.69. The summed E-state index contributed by atoms with van der Waals surface area (Å²) in [6.07, 6.45) is 1.42. The van der Waals surface area contributed by atoms with Gasteiger partial charge in [0.2, 0.25) is 0 Å². The molecule has 1 unspecified atom stereocenters. The Morgan fingerprint density at radius 1 is 1.64 bits per heavy atom. The number of rotatable bonds is 5. The van der Waals surface area contributed by atoms with Crippen LogP contribution in [0, 0.1) is 0 Å². The van der Waals surface area contributed by atoms with Crippen molar-refractivity contribution in [3.8, 4) is 0 Å². The molecule has 0 aliphatic carbocycles. The Morgan fingerprint density at radius 3 is 2.64 bits per heavy atom. The Labute approximate surface area is 66.5 Å². The molecule has 4 heteroatoms. The van der Waals surface area contributed by atoms with Gasteiger partial charge in [-0.05, 0) is 13.3 Å². The molecule has 0 aliphatic rings. The van der Waals surface area contributed by atoms with Crippen molar-refractivity contribution < 1.29 is 14.7 Å². The maximum absolute atomic E-state index is 10.9. The third-order valence-corrected chi connectivity index (χ3v) is 1.30. The molecule has 0 amide bonds. The van der Waals surface area contributed by atoms with E-state index in [9.17, 15) is 4.79 Å². The second-order valence-electron chi connectivity index (χ2n) is 2.22. The molecule has 0 bridgehead atoms. The third kappa shape index (κ3) is 3.95. The topological polar surface area (TPSA) is 58.6 Å². The normalized spacial score (nSPS) is 12.6. The summed E-state index contributed by atoms with van der Waals surface area (Å²) in [5.74, 6) is -0.392. The standard InChI is InChI=1S/C7H15NO3/c1-3-5-6(8-10)7(9)11-4-2/h6,8,10H,3-5H2,1-2H3. The molecule has 1 atom stereocenters. The van der Waals surface area contributed by atoms with Gasteiger partial charge in [0.05, 0.1) is 6.61 Å². The predicted molar refractivity (Wildman–Crippen MR) is 40.3 cm³/mol. The van der Waals surface area contributed by atoms with Crippen molar-refractivity contribution in [2.75, 3.05) is 6.61 Å². The minimum Gasteiger partial charge on any atom is -0.465 e. The van der Waals surface area contributed by atoms with Crippen LogP contribution in [0.2, 0.25) is 0 Å². The quantitative estimate of drug-likeness (QED) is 0.460. The molecule has 11 heavy (non-hydrogen) atoms. The molecule has 0 saturated heterocycles. The van der Waals surface area contributed by atoms with Gasteiger partial charge in [-0.25, -0.2) is 0 Å². The van der Waals surface area contributed by atoms with Gasteiger partial charge in [-0.1, -0.05) is 13.3 Å². The van der Waals surface area contributed by atoms with Gasteiger partial charge in [-0.3, -0.25) is 4.79 Å². The molecule has 66 valence electrons. The first-order valence-electron chi connectivity index (χ1n) is 3.82. The van der Waals surface area contributed by atoms with Crippen LogP contribution < -0.4 is 5.48 Å². The number of ether oxygens (including phenoxy) is 1. The summed E-state index contributed by atoms with van der Waals surface area (Å²) >= 11 is 0. The van der Waals surface area contributed by atoms with Crippen LogP contribution >= 0.6 is 0 Å². The zero-order valence-corrected chi connectivity index (χ0v) is 6.96. The molecule has 0 radical (unpaired) electrons. The third-order valence-electron chi connectivity index (χ3n) is 1.30. The lowest BCUT2D eigenvalue weighted by Crippen LogP contribution is -2.35. The Bertz CT molecular complexity index is 116. The van der Waals surface area contributed by atoms with Crippen LogP contribution in [0.5, 0.6) is 0 Å². The molecule has 0 heterocycles. The molecule has 0 aromatic carbocycles. The largest absolute Gasteiger partial charge is 0.465 e. The van der Waals surface area contributed by atoms with Crippen LogP contribution in [0.3, 0.4) is 0 Å². The zero-order valence-electron chi connectivity index (χ0n) is 6.96. The summed E-state index contributed by atoms with van der Waals surface area (Å²) in [5.41, 5.74) is 1.91. The molecule has 4 nitrogen and oxygen atoms in total. The predicted octanol–water partition coefficient (Wildman–Crippen LogP) is 0.697. The number of hydrogen-bond acceptors (Lipinski definition) is 4. The second-order valence-corrected chi connectivity index (χ2v) is 2.22. The van der Waals surface area contributed by atoms with E-state index in [1.807, 2.05) is 12.4 Å². The smallest absolute Gasteiger partial charge is 0.325 e. The number of hydrogen-bond donors (Lipinski definition) is 2. The maximum Gasteiger partial charge on any atom is 0.325 e. The van der Waals surface area contributed by atoms with Crippen LogP contribution in [0.1, 0.15) is 26.7 Å². The monoisotopic (exact) mass is 161 g/mol. The summed E-state index contributed by atoms with van der Waals surface area (Å²) in [6, 6.07) is -0.569. The van der Waals surface area contributed by atoms with Gasteiger partial charge in [0.1, 0.15) is 6.04 Å². The van der Waals surface area contributed by atoms with E-state index in [0.29, 0.717) is 13.0 Å². The van der Waals surface area contributed by atoms with Gasteiger partial charge in [0.15, 0.2) is 0 Å². The van der Waals surface area contributed by atoms with Crippen LogP contribution in [-0.4, -0.2) is 23.8 Å². The van der Waals surface area contributed by atoms with E-state index in [4.69, 9.17) is 5.21 Å². The first-order chi connectivity index (χ1) is 5.26. The molecule has 2 N–H and O–H groups in total. The Hall–Kier alpha value is -0.610. The summed E-state index contributed by atoms with van der Waals surface area (Å²) in [6.45, 7) is 4.02. The minimum absolute atomic E-state index is 0.348. The molecule has 0 aromatic heterocycles. The van der Waals surface area contributed by atoms with Gasteiger partial charge >= 0.3 is 5.97 Å². The average Bonchev–Trinajstić information content (AvgIpc) is 2.00. The number of hydroxylamine groups is 1. The minimum atomic E-state index is -0.569. The number of carbonyl (C=O) groups excluding carboxylic acids is 1. The highest BCUT2D eigenvalue weighted by Gasteiger charge is 2.16. The summed E-state index contributed by atoms with van der Waals surface area (Å²) in [7, 11) is 0. The second kappa shape index (κ2) is 6.12. The first kappa shape index (κ1) is 10.4. The van der Waals surface area contributed by atoms with Crippen LogP contribution in [0.4, 0.5) is 0 Å². The Morgan fingerprint density at radius 2 is 2.27 bits per heavy atom. The van der Waals surface area contributed by atoms with E-state index in [2.05, 4.69) is 4.74 Å². The van der Waals surface area contributed by atoms with Crippen molar-refractivity contribution in [3.63, 3.8) is 0 Å². The van der Waals surface area contributed by atoms with Crippen LogP contribution in [-0.2, 0) is 9.53 Å². The molecule has 0 saturated carbocycles. The summed E-state index contributed by atoms with van der Waals surface area (Å²) < 4.78 is 4.69. The lowest BCUT2D eigenvalue weighted by Gasteiger charge is -2.11. The summed E-state index contributed by atoms with van der Waals surface area (Å²) in [5, 5.41) is 8.50. The van der Waals surface area contributed by atoms with Crippen LogP contribution in [0.25, 0.3) is 0 Å². The molecule has 0 fully saturated rings. The average molecular weight is 161 g/mol. The fourth-order valence-corrected chi connectivity index (χ4v) is 0.767. The SMILES string of the molecule is CCCC(NO)C(=O)OCC. The van der Waals surface area contributed by atoms with E-state index in [0.717, 1.165) is 6.42 Å². The highest BCUT2D eigenvalue weighted by Crippen LogP contribution is 1.97. The molecule has 0 spiro atoms. The van der Waals surface area contributed by atoms with Crippen molar-refractivity contribution in [2.24, 2.45) is 0 Å². The van der Waals surface area contributed by atoms with Gasteiger partial charge in [-0.15, -0.1) is 0 Å². The molecule has 0 aromatic rings. The van der Waals surface area contributed by atoms with Crippen molar-refractivity contribution in [1.82, 2.24) is 5.48 Å². The van der Waals surface area contributed by atoms with E-state index in [1.54, 1.807) is 6.92 Å². The van der Waals surface area contributed by atoms with Gasteiger partial charge in [-0.2, -0.15) is 5.48 Å². The molecule has 0 aliphatic heterocycles. The van der Waals surface area contributed by atoms with Gasteiger partial charge in [0, 0.05) is 0 Å². The number of nitrogens with one attached hydrogen (secondary N) is 1. The van der Waals surface area contributed by atoms with Crippen LogP contribution in [0.15, 0.2) is 0 Å². The maximum atomic E-state index is 10.9. The number of carbonyl (C=O) groups is 1. The number of esters is 1. The van der Waals surface area contributed by atoms with Gasteiger partial charge < -0.3 is 9.94 Å². The van der Waals surface area contributed by atoms with Crippen molar-refractivity contribution >= 4 is 5.97 Å². The van der Waals surface area contributed by atoms with E-state index >= 15 is 0 Å². The van der Waals surface area contributed by atoms with Gasteiger partial charge in [0.25, 0.3) is 0 Å².